The standard InChI is InChI=1S/C30H39N3O7S/c1-8-27(23-18-22(37-4)10-12-24(23)38-5)41(35,36)32-15-13-21(14-16-32)33-28(19-34)30(2,3)29(31-33)20-9-11-25(39-6)26(17-20)40-7/h8-12,17-19,21,27-28H,1,13-16H2,2-7H3. The fourth-order valence-corrected chi connectivity index (χ4v) is 7.51. The Balaban J connectivity index is 1.58. The Kier molecular flexibility index (Phi) is 8.98. The number of nitrogens with zero attached hydrogens (tertiary/aromatic N) is 3. The van der Waals surface area contributed by atoms with Gasteiger partial charge in [0.1, 0.15) is 29.1 Å². The van der Waals surface area contributed by atoms with E-state index in [-0.39, 0.29) is 19.1 Å². The molecule has 2 heterocycles. The van der Waals surface area contributed by atoms with Gasteiger partial charge in [-0.05, 0) is 49.2 Å². The topological polar surface area (TPSA) is 107 Å². The molecule has 0 N–H and O–H groups in total. The van der Waals surface area contributed by atoms with Gasteiger partial charge in [0, 0.05) is 29.6 Å². The van der Waals surface area contributed by atoms with Crippen LogP contribution >= 0.6 is 0 Å². The number of hydrogen-bond acceptors (Lipinski definition) is 9. The summed E-state index contributed by atoms with van der Waals surface area (Å²) in [5, 5.41) is 5.81. The molecule has 0 radical (unpaired) electrons. The van der Waals surface area contributed by atoms with Crippen molar-refractivity contribution >= 4 is 22.0 Å². The molecule has 2 aliphatic rings. The second-order valence-electron chi connectivity index (χ2n) is 10.6. The largest absolute Gasteiger partial charge is 0.497 e. The molecule has 0 spiro atoms. The van der Waals surface area contributed by atoms with E-state index < -0.39 is 26.7 Å². The van der Waals surface area contributed by atoms with Crippen molar-refractivity contribution in [3.8, 4) is 23.0 Å². The van der Waals surface area contributed by atoms with Gasteiger partial charge < -0.3 is 23.7 Å². The summed E-state index contributed by atoms with van der Waals surface area (Å²) in [6.07, 6.45) is 3.38. The van der Waals surface area contributed by atoms with E-state index in [0.29, 0.717) is 41.4 Å². The lowest BCUT2D eigenvalue weighted by atomic mass is 9.78. The van der Waals surface area contributed by atoms with Crippen molar-refractivity contribution in [2.45, 2.75) is 44.0 Å². The van der Waals surface area contributed by atoms with Crippen molar-refractivity contribution in [3.05, 3.63) is 60.2 Å². The van der Waals surface area contributed by atoms with E-state index in [9.17, 15) is 13.2 Å². The van der Waals surface area contributed by atoms with Crippen LogP contribution in [0.5, 0.6) is 23.0 Å². The zero-order valence-electron chi connectivity index (χ0n) is 24.5. The molecule has 10 nitrogen and oxygen atoms in total. The molecule has 0 aromatic heterocycles. The first-order valence-corrected chi connectivity index (χ1v) is 15.0. The summed E-state index contributed by atoms with van der Waals surface area (Å²) in [4.78, 5) is 12.4. The number of carbonyl (C=O) groups is 1. The molecule has 0 saturated carbocycles. The number of rotatable bonds is 11. The predicted octanol–water partition coefficient (Wildman–Crippen LogP) is 4.06. The fraction of sp³-hybridized carbons (Fsp3) is 0.467. The number of methoxy groups -OCH3 is 4. The van der Waals surface area contributed by atoms with Gasteiger partial charge in [-0.2, -0.15) is 5.10 Å². The predicted molar refractivity (Wildman–Crippen MR) is 158 cm³/mol. The number of sulfonamides is 1. The van der Waals surface area contributed by atoms with E-state index >= 15 is 0 Å². The molecule has 2 aromatic rings. The number of aldehydes is 1. The van der Waals surface area contributed by atoms with Gasteiger partial charge in [0.15, 0.2) is 11.5 Å². The summed E-state index contributed by atoms with van der Waals surface area (Å²) < 4.78 is 50.8. The first-order chi connectivity index (χ1) is 19.6. The minimum atomic E-state index is -3.81. The number of hydrazone groups is 1. The molecule has 0 aliphatic carbocycles. The first-order valence-electron chi connectivity index (χ1n) is 13.5. The second kappa shape index (κ2) is 12.1. The lowest BCUT2D eigenvalue weighted by Gasteiger charge is -2.39. The van der Waals surface area contributed by atoms with Crippen LogP contribution in [-0.2, 0) is 14.8 Å². The quantitative estimate of drug-likeness (QED) is 0.287. The lowest BCUT2D eigenvalue weighted by Crippen LogP contribution is -2.50. The Morgan fingerprint density at radius 1 is 0.951 bits per heavy atom. The van der Waals surface area contributed by atoms with Crippen molar-refractivity contribution in [2.75, 3.05) is 41.5 Å². The molecule has 2 atom stereocenters. The van der Waals surface area contributed by atoms with Gasteiger partial charge in [-0.25, -0.2) is 12.7 Å². The second-order valence-corrected chi connectivity index (χ2v) is 12.7. The van der Waals surface area contributed by atoms with E-state index in [0.717, 1.165) is 17.6 Å². The highest BCUT2D eigenvalue weighted by Crippen LogP contribution is 2.41. The molecule has 4 rings (SSSR count). The Morgan fingerprint density at radius 2 is 1.59 bits per heavy atom. The Hall–Kier alpha value is -3.57. The summed E-state index contributed by atoms with van der Waals surface area (Å²) in [5.74, 6) is 2.16. The smallest absolute Gasteiger partial charge is 0.224 e. The Morgan fingerprint density at radius 3 is 2.15 bits per heavy atom. The third-order valence-electron chi connectivity index (χ3n) is 8.07. The van der Waals surface area contributed by atoms with Gasteiger partial charge in [0.2, 0.25) is 10.0 Å². The van der Waals surface area contributed by atoms with Crippen LogP contribution in [0.15, 0.2) is 54.2 Å². The van der Waals surface area contributed by atoms with Crippen molar-refractivity contribution in [2.24, 2.45) is 10.5 Å². The third-order valence-corrected chi connectivity index (χ3v) is 10.2. The highest BCUT2D eigenvalue weighted by Gasteiger charge is 2.48. The summed E-state index contributed by atoms with van der Waals surface area (Å²) in [5.41, 5.74) is 1.49. The SMILES string of the molecule is C=CC(c1cc(OC)ccc1OC)S(=O)(=O)N1CCC(N2N=C(c3ccc(OC)c(OC)c3)C(C)(C)C2C=O)CC1. The number of hydrogen-bond donors (Lipinski definition) is 0. The minimum absolute atomic E-state index is 0.109. The zero-order valence-corrected chi connectivity index (χ0v) is 25.3. The molecule has 222 valence electrons. The van der Waals surface area contributed by atoms with Crippen molar-refractivity contribution in [1.29, 1.82) is 0 Å². The minimum Gasteiger partial charge on any atom is -0.497 e. The van der Waals surface area contributed by atoms with E-state index in [1.54, 1.807) is 32.4 Å². The fourth-order valence-electron chi connectivity index (χ4n) is 5.72. The number of piperidine rings is 1. The Labute approximate surface area is 242 Å². The molecule has 1 fully saturated rings. The van der Waals surface area contributed by atoms with Crippen molar-refractivity contribution < 1.29 is 32.2 Å². The van der Waals surface area contributed by atoms with Crippen LogP contribution in [0.2, 0.25) is 0 Å². The summed E-state index contributed by atoms with van der Waals surface area (Å²) >= 11 is 0. The molecule has 41 heavy (non-hydrogen) atoms. The number of ether oxygens (including phenoxy) is 4. The molecule has 2 unspecified atom stereocenters. The van der Waals surface area contributed by atoms with Crippen molar-refractivity contribution in [1.82, 2.24) is 9.31 Å². The lowest BCUT2D eigenvalue weighted by molar-refractivity contribution is -0.115. The summed E-state index contributed by atoms with van der Waals surface area (Å²) in [6, 6.07) is 10.1. The first kappa shape index (κ1) is 30.4. The van der Waals surface area contributed by atoms with Crippen LogP contribution in [0.1, 0.15) is 43.1 Å². The van der Waals surface area contributed by atoms with Gasteiger partial charge in [-0.3, -0.25) is 5.01 Å². The molecule has 0 amide bonds. The maximum Gasteiger partial charge on any atom is 0.224 e. The number of carbonyl (C=O) groups excluding carboxylic acids is 1. The summed E-state index contributed by atoms with van der Waals surface area (Å²) in [7, 11) is 2.37. The van der Waals surface area contributed by atoms with Crippen LogP contribution in [0.25, 0.3) is 0 Å². The maximum atomic E-state index is 13.8. The normalized spacial score (nSPS) is 20.2. The average Bonchev–Trinajstić information content (AvgIpc) is 3.26. The van der Waals surface area contributed by atoms with E-state index in [1.807, 2.05) is 37.1 Å². The maximum absolute atomic E-state index is 13.8. The zero-order chi connectivity index (χ0) is 29.9. The average molecular weight is 586 g/mol. The van der Waals surface area contributed by atoms with Crippen LogP contribution in [0.3, 0.4) is 0 Å². The highest BCUT2D eigenvalue weighted by atomic mass is 32.2. The molecular formula is C30H39N3O7S. The Bertz CT molecular complexity index is 1420. The molecule has 2 aromatic carbocycles. The number of benzene rings is 2. The molecule has 2 aliphatic heterocycles. The van der Waals surface area contributed by atoms with Gasteiger partial charge in [0.25, 0.3) is 0 Å². The molecule has 11 heteroatoms. The van der Waals surface area contributed by atoms with Gasteiger partial charge in [-0.1, -0.05) is 19.9 Å². The third kappa shape index (κ3) is 5.52. The van der Waals surface area contributed by atoms with Crippen LogP contribution in [0, 0.1) is 5.41 Å². The van der Waals surface area contributed by atoms with Crippen LogP contribution in [0.4, 0.5) is 0 Å². The van der Waals surface area contributed by atoms with Crippen LogP contribution in [-0.4, -0.2) is 83.3 Å². The summed E-state index contributed by atoms with van der Waals surface area (Å²) in [6.45, 7) is 8.39. The van der Waals surface area contributed by atoms with Gasteiger partial charge >= 0.3 is 0 Å². The van der Waals surface area contributed by atoms with E-state index in [2.05, 4.69) is 6.58 Å². The van der Waals surface area contributed by atoms with E-state index in [4.69, 9.17) is 24.0 Å². The van der Waals surface area contributed by atoms with Crippen molar-refractivity contribution in [3.63, 3.8) is 0 Å². The monoisotopic (exact) mass is 585 g/mol. The molecular weight excluding hydrogens is 546 g/mol. The van der Waals surface area contributed by atoms with Gasteiger partial charge in [-0.15, -0.1) is 6.58 Å². The molecule has 0 bridgehead atoms. The molecule has 1 saturated heterocycles. The van der Waals surface area contributed by atoms with Crippen LogP contribution < -0.4 is 18.9 Å². The van der Waals surface area contributed by atoms with Gasteiger partial charge in [0.05, 0.1) is 40.2 Å². The van der Waals surface area contributed by atoms with E-state index in [1.165, 1.54) is 24.6 Å². The highest BCUT2D eigenvalue weighted by molar-refractivity contribution is 7.89.